The molecular formula is C71H141NO8P+. The second kappa shape index (κ2) is 63.3. The SMILES string of the molecule is CCCCCCCCC/C=C\CCCCCCCC(=O)OC(COC(=O)CCCCCCCCCCCCCCCCCCCCCCCCCCCCCCCCCCCCCCCCCCC)COP(=O)(O)OCC[N+](C)(C)C. The highest BCUT2D eigenvalue weighted by molar-refractivity contribution is 7.47. The van der Waals surface area contributed by atoms with Crippen molar-refractivity contribution in [2.24, 2.45) is 0 Å². The van der Waals surface area contributed by atoms with Crippen molar-refractivity contribution in [1.82, 2.24) is 0 Å². The van der Waals surface area contributed by atoms with Crippen molar-refractivity contribution in [3.05, 3.63) is 12.2 Å². The minimum absolute atomic E-state index is 0.0338. The Balaban J connectivity index is 3.80. The van der Waals surface area contributed by atoms with E-state index in [1.54, 1.807) is 0 Å². The van der Waals surface area contributed by atoms with Crippen molar-refractivity contribution in [3.63, 3.8) is 0 Å². The van der Waals surface area contributed by atoms with Crippen molar-refractivity contribution < 1.29 is 42.1 Å². The van der Waals surface area contributed by atoms with E-state index < -0.39 is 26.5 Å². The Labute approximate surface area is 505 Å². The summed E-state index contributed by atoms with van der Waals surface area (Å²) in [4.78, 5) is 35.7. The van der Waals surface area contributed by atoms with Gasteiger partial charge in [-0.3, -0.25) is 18.6 Å². The maximum Gasteiger partial charge on any atom is 0.472 e. The van der Waals surface area contributed by atoms with Crippen LogP contribution in [0.4, 0.5) is 0 Å². The van der Waals surface area contributed by atoms with Crippen molar-refractivity contribution in [2.75, 3.05) is 47.5 Å². The fourth-order valence-electron chi connectivity index (χ4n) is 11.0. The van der Waals surface area contributed by atoms with Gasteiger partial charge in [-0.15, -0.1) is 0 Å². The summed E-state index contributed by atoms with van der Waals surface area (Å²) in [6.45, 7) is 4.49. The van der Waals surface area contributed by atoms with Crippen LogP contribution in [0.1, 0.15) is 380 Å². The molecule has 0 aromatic rings. The van der Waals surface area contributed by atoms with Gasteiger partial charge in [-0.1, -0.05) is 341 Å². The Morgan fingerprint density at radius 2 is 0.630 bits per heavy atom. The number of nitrogens with zero attached hydrogens (tertiary/aromatic N) is 1. The zero-order chi connectivity index (χ0) is 59.1. The van der Waals surface area contributed by atoms with Gasteiger partial charge < -0.3 is 18.9 Å². The van der Waals surface area contributed by atoms with E-state index in [-0.39, 0.29) is 25.6 Å². The quantitative estimate of drug-likeness (QED) is 0.0211. The molecule has 10 heteroatoms. The molecule has 0 heterocycles. The topological polar surface area (TPSA) is 108 Å². The van der Waals surface area contributed by atoms with E-state index in [1.165, 1.54) is 295 Å². The summed E-state index contributed by atoms with van der Waals surface area (Å²) in [5.74, 6) is -0.786. The first-order chi connectivity index (χ1) is 39.5. The summed E-state index contributed by atoms with van der Waals surface area (Å²) in [5.41, 5.74) is 0. The standard InChI is InChI=1S/C71H140NO8P/c1-6-8-10-12-14-16-18-20-22-24-25-26-27-28-29-30-31-32-33-34-35-36-37-38-39-40-41-42-43-44-45-46-47-48-50-51-53-55-57-59-61-63-70(73)77-67-69(68-79-81(75,76)78-66-65-72(3,4)5)80-71(74)64-62-60-58-56-54-52-49-23-21-19-17-15-13-11-9-7-2/h23,49,69H,6-22,24-48,50-68H2,1-5H3/p+1/b49-23-. The van der Waals surface area contributed by atoms with Gasteiger partial charge in [0, 0.05) is 12.8 Å². The molecule has 0 spiro atoms. The van der Waals surface area contributed by atoms with Gasteiger partial charge in [0.15, 0.2) is 6.10 Å². The molecule has 0 saturated carbocycles. The molecule has 0 saturated heterocycles. The van der Waals surface area contributed by atoms with E-state index in [0.29, 0.717) is 23.9 Å². The average Bonchev–Trinajstić information content (AvgIpc) is 3.43. The lowest BCUT2D eigenvalue weighted by molar-refractivity contribution is -0.870. The first-order valence-corrected chi connectivity index (χ1v) is 37.4. The third-order valence-electron chi connectivity index (χ3n) is 16.5. The Morgan fingerprint density at radius 3 is 0.914 bits per heavy atom. The molecule has 0 aromatic carbocycles. The largest absolute Gasteiger partial charge is 0.472 e. The maximum absolute atomic E-state index is 12.8. The van der Waals surface area contributed by atoms with Gasteiger partial charge in [0.05, 0.1) is 27.7 Å². The van der Waals surface area contributed by atoms with E-state index in [2.05, 4.69) is 26.0 Å². The summed E-state index contributed by atoms with van der Waals surface area (Å²) >= 11 is 0. The number of rotatable bonds is 68. The lowest BCUT2D eigenvalue weighted by atomic mass is 10.0. The highest BCUT2D eigenvalue weighted by atomic mass is 31.2. The van der Waals surface area contributed by atoms with Crippen LogP contribution in [0.15, 0.2) is 12.2 Å². The van der Waals surface area contributed by atoms with Crippen LogP contribution in [0.5, 0.6) is 0 Å². The molecule has 0 rings (SSSR count). The van der Waals surface area contributed by atoms with Crippen LogP contribution in [0.25, 0.3) is 0 Å². The normalized spacial score (nSPS) is 13.1. The van der Waals surface area contributed by atoms with Crippen LogP contribution in [0, 0.1) is 0 Å². The average molecular weight is 1170 g/mol. The van der Waals surface area contributed by atoms with Gasteiger partial charge in [-0.05, 0) is 38.5 Å². The first kappa shape index (κ1) is 79.8. The summed E-state index contributed by atoms with van der Waals surface area (Å²) in [6, 6.07) is 0. The Kier molecular flexibility index (Phi) is 62.3. The third-order valence-corrected chi connectivity index (χ3v) is 17.5. The molecule has 0 aliphatic carbocycles. The molecule has 482 valence electrons. The monoisotopic (exact) mass is 1170 g/mol. The fraction of sp³-hybridized carbons (Fsp3) is 0.944. The van der Waals surface area contributed by atoms with Crippen LogP contribution in [-0.4, -0.2) is 74.9 Å². The minimum Gasteiger partial charge on any atom is -0.462 e. The lowest BCUT2D eigenvalue weighted by Crippen LogP contribution is -2.37. The van der Waals surface area contributed by atoms with Crippen LogP contribution in [-0.2, 0) is 32.7 Å². The molecule has 0 radical (unpaired) electrons. The second-order valence-electron chi connectivity index (χ2n) is 26.0. The fourth-order valence-corrected chi connectivity index (χ4v) is 11.8. The number of unbranched alkanes of at least 4 members (excludes halogenated alkanes) is 52. The summed E-state index contributed by atoms with van der Waals surface area (Å²) < 4.78 is 34.6. The van der Waals surface area contributed by atoms with Crippen LogP contribution < -0.4 is 0 Å². The van der Waals surface area contributed by atoms with E-state index in [4.69, 9.17) is 18.5 Å². The third kappa shape index (κ3) is 67.7. The first-order valence-electron chi connectivity index (χ1n) is 35.9. The van der Waals surface area contributed by atoms with Gasteiger partial charge in [0.1, 0.15) is 19.8 Å². The van der Waals surface area contributed by atoms with Crippen molar-refractivity contribution in [2.45, 2.75) is 386 Å². The minimum atomic E-state index is -4.38. The van der Waals surface area contributed by atoms with Crippen molar-refractivity contribution >= 4 is 19.8 Å². The van der Waals surface area contributed by atoms with Crippen molar-refractivity contribution in [3.8, 4) is 0 Å². The highest BCUT2D eigenvalue weighted by Crippen LogP contribution is 2.43. The second-order valence-corrected chi connectivity index (χ2v) is 27.4. The molecule has 81 heavy (non-hydrogen) atoms. The van der Waals surface area contributed by atoms with Gasteiger partial charge in [0.2, 0.25) is 0 Å². The van der Waals surface area contributed by atoms with Gasteiger partial charge in [-0.2, -0.15) is 0 Å². The van der Waals surface area contributed by atoms with E-state index in [0.717, 1.165) is 51.4 Å². The summed E-state index contributed by atoms with van der Waals surface area (Å²) in [6.07, 6.45) is 77.9. The summed E-state index contributed by atoms with van der Waals surface area (Å²) in [7, 11) is 1.49. The predicted molar refractivity (Wildman–Crippen MR) is 349 cm³/mol. The lowest BCUT2D eigenvalue weighted by Gasteiger charge is -2.24. The number of quaternary nitrogens is 1. The zero-order valence-electron chi connectivity index (χ0n) is 55.1. The number of carbonyl (C=O) groups excluding carboxylic acids is 2. The van der Waals surface area contributed by atoms with Gasteiger partial charge in [-0.25, -0.2) is 4.57 Å². The van der Waals surface area contributed by atoms with Crippen LogP contribution >= 0.6 is 7.82 Å². The number of hydrogen-bond acceptors (Lipinski definition) is 7. The number of esters is 2. The molecule has 2 atom stereocenters. The van der Waals surface area contributed by atoms with Crippen LogP contribution in [0.2, 0.25) is 0 Å². The highest BCUT2D eigenvalue weighted by Gasteiger charge is 2.27. The number of allylic oxidation sites excluding steroid dienone is 2. The number of phosphoric ester groups is 1. The molecule has 0 aliphatic heterocycles. The Hall–Kier alpha value is -1.25. The predicted octanol–water partition coefficient (Wildman–Crippen LogP) is 23.1. The van der Waals surface area contributed by atoms with E-state index in [1.807, 2.05) is 21.1 Å². The Bertz CT molecular complexity index is 1370. The molecule has 9 nitrogen and oxygen atoms in total. The number of ether oxygens (including phenoxy) is 2. The van der Waals surface area contributed by atoms with Gasteiger partial charge >= 0.3 is 19.8 Å². The molecule has 0 fully saturated rings. The number of carbonyl (C=O) groups is 2. The molecular weight excluding hydrogens is 1030 g/mol. The number of phosphoric acid groups is 1. The van der Waals surface area contributed by atoms with E-state index >= 15 is 0 Å². The Morgan fingerprint density at radius 1 is 0.370 bits per heavy atom. The molecule has 2 unspecified atom stereocenters. The number of hydrogen-bond donors (Lipinski definition) is 1. The smallest absolute Gasteiger partial charge is 0.462 e. The van der Waals surface area contributed by atoms with E-state index in [9.17, 15) is 19.0 Å². The molecule has 0 aliphatic rings. The number of likely N-dealkylation sites (N-methyl/N-ethyl adjacent to an activating group) is 1. The van der Waals surface area contributed by atoms with Crippen molar-refractivity contribution in [1.29, 1.82) is 0 Å². The van der Waals surface area contributed by atoms with Gasteiger partial charge in [0.25, 0.3) is 0 Å². The summed E-state index contributed by atoms with van der Waals surface area (Å²) in [5, 5.41) is 0. The zero-order valence-corrected chi connectivity index (χ0v) is 56.0. The molecule has 1 N–H and O–H groups in total. The molecule has 0 bridgehead atoms. The molecule has 0 aromatic heterocycles. The van der Waals surface area contributed by atoms with Crippen LogP contribution in [0.3, 0.4) is 0 Å². The maximum atomic E-state index is 12.8. The molecule has 0 amide bonds.